The van der Waals surface area contributed by atoms with Gasteiger partial charge in [-0.3, -0.25) is 4.57 Å². The normalized spacial score (nSPS) is 20.6. The Labute approximate surface area is 92.9 Å². The topological polar surface area (TPSA) is 47.2 Å². The Morgan fingerprint density at radius 1 is 1.44 bits per heavy atom. The van der Waals surface area contributed by atoms with Crippen LogP contribution in [0.3, 0.4) is 0 Å². The maximum absolute atomic E-state index is 11.7. The second kappa shape index (κ2) is 3.79. The third-order valence-corrected chi connectivity index (χ3v) is 3.18. The van der Waals surface area contributed by atoms with E-state index in [1.807, 2.05) is 24.3 Å². The van der Waals surface area contributed by atoms with E-state index in [2.05, 4.69) is 5.32 Å². The van der Waals surface area contributed by atoms with Gasteiger partial charge in [0.15, 0.2) is 5.58 Å². The molecule has 4 heteroatoms. The predicted molar refractivity (Wildman–Crippen MR) is 61.5 cm³/mol. The largest absolute Gasteiger partial charge is 0.419 e. The molecular weight excluding hydrogens is 204 g/mol. The fourth-order valence-electron chi connectivity index (χ4n) is 2.32. The van der Waals surface area contributed by atoms with Crippen LogP contribution >= 0.6 is 0 Å². The zero-order valence-electron chi connectivity index (χ0n) is 8.98. The van der Waals surface area contributed by atoms with Crippen LogP contribution in [0.1, 0.15) is 6.42 Å². The molecule has 1 aromatic heterocycles. The van der Waals surface area contributed by atoms with Crippen molar-refractivity contribution in [2.75, 3.05) is 13.1 Å². The monoisotopic (exact) mass is 218 g/mol. The highest BCUT2D eigenvalue weighted by Crippen LogP contribution is 2.16. The molecule has 0 radical (unpaired) electrons. The summed E-state index contributed by atoms with van der Waals surface area (Å²) in [5, 5.41) is 3.31. The number of fused-ring (bicyclic) bond motifs is 1. The first-order valence-electron chi connectivity index (χ1n) is 5.64. The molecule has 1 aliphatic heterocycles. The number of para-hydroxylation sites is 2. The molecule has 1 N–H and O–H groups in total. The van der Waals surface area contributed by atoms with E-state index in [0.717, 1.165) is 31.6 Å². The van der Waals surface area contributed by atoms with Crippen molar-refractivity contribution in [1.82, 2.24) is 9.88 Å². The van der Waals surface area contributed by atoms with Gasteiger partial charge in [-0.05, 0) is 37.6 Å². The summed E-state index contributed by atoms with van der Waals surface area (Å²) in [4.78, 5) is 11.7. The lowest BCUT2D eigenvalue weighted by atomic mass is 10.1. The number of nitrogens with zero attached hydrogens (tertiary/aromatic N) is 1. The number of hydrogen-bond acceptors (Lipinski definition) is 3. The van der Waals surface area contributed by atoms with Gasteiger partial charge in [-0.15, -0.1) is 0 Å². The van der Waals surface area contributed by atoms with Crippen LogP contribution in [0.5, 0.6) is 0 Å². The Morgan fingerprint density at radius 3 is 3.12 bits per heavy atom. The summed E-state index contributed by atoms with van der Waals surface area (Å²) < 4.78 is 6.94. The Kier molecular flexibility index (Phi) is 2.29. The molecule has 2 heterocycles. The first-order chi connectivity index (χ1) is 7.84. The van der Waals surface area contributed by atoms with Crippen LogP contribution in [0.25, 0.3) is 11.1 Å². The number of oxazole rings is 1. The lowest BCUT2D eigenvalue weighted by molar-refractivity contribution is 0.438. The maximum atomic E-state index is 11.7. The first kappa shape index (κ1) is 9.66. The van der Waals surface area contributed by atoms with Gasteiger partial charge in [0, 0.05) is 6.54 Å². The minimum atomic E-state index is -0.242. The Morgan fingerprint density at radius 2 is 2.31 bits per heavy atom. The molecule has 1 aromatic carbocycles. The Hall–Kier alpha value is -1.55. The van der Waals surface area contributed by atoms with E-state index in [1.54, 1.807) is 4.57 Å². The number of nitrogens with one attached hydrogen (secondary N) is 1. The number of hydrogen-bond donors (Lipinski definition) is 1. The van der Waals surface area contributed by atoms with E-state index in [1.165, 1.54) is 0 Å². The summed E-state index contributed by atoms with van der Waals surface area (Å²) in [5.74, 6) is 0.298. The van der Waals surface area contributed by atoms with Crippen LogP contribution < -0.4 is 11.1 Å². The van der Waals surface area contributed by atoms with Crippen LogP contribution in [0, 0.1) is 5.92 Å². The SMILES string of the molecule is O=c1oc2ccccc2n1CC1CCNC1. The lowest BCUT2D eigenvalue weighted by Crippen LogP contribution is -2.21. The fourth-order valence-corrected chi connectivity index (χ4v) is 2.32. The fraction of sp³-hybridized carbons (Fsp3) is 0.417. The van der Waals surface area contributed by atoms with E-state index >= 15 is 0 Å². The van der Waals surface area contributed by atoms with Gasteiger partial charge in [0.1, 0.15) is 0 Å². The minimum absolute atomic E-state index is 0.242. The van der Waals surface area contributed by atoms with Gasteiger partial charge in [-0.2, -0.15) is 0 Å². The summed E-state index contributed by atoms with van der Waals surface area (Å²) >= 11 is 0. The summed E-state index contributed by atoms with van der Waals surface area (Å²) in [6.07, 6.45) is 1.13. The molecule has 16 heavy (non-hydrogen) atoms. The minimum Gasteiger partial charge on any atom is -0.408 e. The van der Waals surface area contributed by atoms with Crippen LogP contribution in [-0.2, 0) is 6.54 Å². The van der Waals surface area contributed by atoms with Crippen molar-refractivity contribution < 1.29 is 4.42 Å². The van der Waals surface area contributed by atoms with E-state index < -0.39 is 0 Å². The highest BCUT2D eigenvalue weighted by molar-refractivity contribution is 5.72. The number of rotatable bonds is 2. The van der Waals surface area contributed by atoms with Gasteiger partial charge in [0.2, 0.25) is 0 Å². The first-order valence-corrected chi connectivity index (χ1v) is 5.64. The molecule has 0 spiro atoms. The summed E-state index contributed by atoms with van der Waals surface area (Å²) in [7, 11) is 0. The van der Waals surface area contributed by atoms with Gasteiger partial charge in [-0.25, -0.2) is 4.79 Å². The lowest BCUT2D eigenvalue weighted by Gasteiger charge is -2.07. The van der Waals surface area contributed by atoms with Crippen molar-refractivity contribution in [2.24, 2.45) is 5.92 Å². The van der Waals surface area contributed by atoms with E-state index in [0.29, 0.717) is 11.5 Å². The van der Waals surface area contributed by atoms with E-state index in [-0.39, 0.29) is 5.76 Å². The molecular formula is C12H14N2O2. The van der Waals surface area contributed by atoms with Crippen molar-refractivity contribution in [3.63, 3.8) is 0 Å². The second-order valence-electron chi connectivity index (χ2n) is 4.31. The van der Waals surface area contributed by atoms with Crippen LogP contribution in [-0.4, -0.2) is 17.7 Å². The molecule has 1 fully saturated rings. The molecule has 1 aliphatic rings. The van der Waals surface area contributed by atoms with Crippen molar-refractivity contribution in [3.05, 3.63) is 34.8 Å². The Balaban J connectivity index is 2.01. The van der Waals surface area contributed by atoms with Crippen LogP contribution in [0.4, 0.5) is 0 Å². The van der Waals surface area contributed by atoms with Gasteiger partial charge < -0.3 is 9.73 Å². The quantitative estimate of drug-likeness (QED) is 0.824. The smallest absolute Gasteiger partial charge is 0.408 e. The zero-order valence-corrected chi connectivity index (χ0v) is 8.98. The highest BCUT2D eigenvalue weighted by atomic mass is 16.4. The van der Waals surface area contributed by atoms with Crippen molar-refractivity contribution in [3.8, 4) is 0 Å². The third kappa shape index (κ3) is 1.55. The summed E-state index contributed by atoms with van der Waals surface area (Å²) in [6, 6.07) is 7.58. The molecule has 2 aromatic rings. The molecule has 84 valence electrons. The number of aromatic nitrogens is 1. The standard InChI is InChI=1S/C12H14N2O2/c15-12-14(8-9-5-6-13-7-9)10-3-1-2-4-11(10)16-12/h1-4,9,13H,5-8H2. The zero-order chi connectivity index (χ0) is 11.0. The molecule has 0 saturated carbocycles. The molecule has 1 saturated heterocycles. The summed E-state index contributed by atoms with van der Waals surface area (Å²) in [5.41, 5.74) is 1.58. The Bertz CT molecular complexity index is 549. The summed E-state index contributed by atoms with van der Waals surface area (Å²) in [6.45, 7) is 2.80. The van der Waals surface area contributed by atoms with Crippen LogP contribution in [0.15, 0.2) is 33.5 Å². The van der Waals surface area contributed by atoms with Gasteiger partial charge in [-0.1, -0.05) is 12.1 Å². The molecule has 0 amide bonds. The van der Waals surface area contributed by atoms with E-state index in [9.17, 15) is 4.79 Å². The maximum Gasteiger partial charge on any atom is 0.419 e. The predicted octanol–water partition coefficient (Wildman–Crippen LogP) is 1.20. The van der Waals surface area contributed by atoms with Crippen LogP contribution in [0.2, 0.25) is 0 Å². The third-order valence-electron chi connectivity index (χ3n) is 3.18. The van der Waals surface area contributed by atoms with Gasteiger partial charge >= 0.3 is 5.76 Å². The highest BCUT2D eigenvalue weighted by Gasteiger charge is 2.18. The molecule has 4 nitrogen and oxygen atoms in total. The van der Waals surface area contributed by atoms with Gasteiger partial charge in [0.05, 0.1) is 5.52 Å². The second-order valence-corrected chi connectivity index (χ2v) is 4.31. The van der Waals surface area contributed by atoms with Crippen molar-refractivity contribution >= 4 is 11.1 Å². The molecule has 1 atom stereocenters. The van der Waals surface area contributed by atoms with Crippen molar-refractivity contribution in [1.29, 1.82) is 0 Å². The van der Waals surface area contributed by atoms with Crippen molar-refractivity contribution in [2.45, 2.75) is 13.0 Å². The van der Waals surface area contributed by atoms with E-state index in [4.69, 9.17) is 4.42 Å². The average Bonchev–Trinajstić information content (AvgIpc) is 2.89. The molecule has 1 unspecified atom stereocenters. The average molecular weight is 218 g/mol. The molecule has 0 bridgehead atoms. The molecule has 0 aliphatic carbocycles. The number of benzene rings is 1. The van der Waals surface area contributed by atoms with Gasteiger partial charge in [0.25, 0.3) is 0 Å². The molecule has 3 rings (SSSR count).